The highest BCUT2D eigenvalue weighted by atomic mass is 16.6. The summed E-state index contributed by atoms with van der Waals surface area (Å²) in [6.07, 6.45) is 0. The molecule has 0 aliphatic rings. The zero-order valence-electron chi connectivity index (χ0n) is 13.1. The van der Waals surface area contributed by atoms with E-state index in [0.717, 1.165) is 12.1 Å². The van der Waals surface area contributed by atoms with Gasteiger partial charge in [0.1, 0.15) is 0 Å². The molecule has 3 heteroatoms. The SMILES string of the molecule is [2H]C([2H])([2H])C([2H])(c1ccccc1[N+](=O)[O-])C([2H])([2H])[2H]. The molecule has 0 fully saturated rings. The van der Waals surface area contributed by atoms with Gasteiger partial charge in [-0.25, -0.2) is 0 Å². The second-order valence-corrected chi connectivity index (χ2v) is 2.15. The largest absolute Gasteiger partial charge is 0.272 e. The van der Waals surface area contributed by atoms with E-state index in [2.05, 4.69) is 0 Å². The molecule has 3 nitrogen and oxygen atoms in total. The molecule has 1 aromatic carbocycles. The summed E-state index contributed by atoms with van der Waals surface area (Å²) in [6.45, 7) is -6.46. The van der Waals surface area contributed by atoms with Gasteiger partial charge < -0.3 is 0 Å². The minimum atomic E-state index is -3.23. The lowest BCUT2D eigenvalue weighted by Crippen LogP contribution is -1.96. The topological polar surface area (TPSA) is 43.1 Å². The fourth-order valence-corrected chi connectivity index (χ4v) is 0.844. The van der Waals surface area contributed by atoms with E-state index in [1.54, 1.807) is 0 Å². The van der Waals surface area contributed by atoms with Crippen molar-refractivity contribution in [1.29, 1.82) is 0 Å². The van der Waals surface area contributed by atoms with Gasteiger partial charge in [-0.3, -0.25) is 10.1 Å². The Morgan fingerprint density at radius 2 is 2.25 bits per heavy atom. The van der Waals surface area contributed by atoms with Crippen molar-refractivity contribution in [2.24, 2.45) is 0 Å². The lowest BCUT2D eigenvalue weighted by Gasteiger charge is -2.04. The van der Waals surface area contributed by atoms with E-state index in [-0.39, 0.29) is 0 Å². The monoisotopic (exact) mass is 172 g/mol. The Labute approximate surface area is 81.0 Å². The maximum atomic E-state index is 10.9. The van der Waals surface area contributed by atoms with Crippen molar-refractivity contribution in [2.75, 3.05) is 0 Å². The third kappa shape index (κ3) is 1.61. The zero-order chi connectivity index (χ0) is 15.1. The summed E-state index contributed by atoms with van der Waals surface area (Å²) in [5, 5.41) is 10.9. The summed E-state index contributed by atoms with van der Waals surface area (Å²) in [5.74, 6) is -3.05. The van der Waals surface area contributed by atoms with E-state index in [1.807, 2.05) is 0 Å². The molecule has 0 N–H and O–H groups in total. The molecule has 1 aromatic rings. The third-order valence-corrected chi connectivity index (χ3v) is 1.37. The quantitative estimate of drug-likeness (QED) is 0.508. The molecule has 0 aromatic heterocycles. The van der Waals surface area contributed by atoms with E-state index in [9.17, 15) is 10.1 Å². The van der Waals surface area contributed by atoms with Gasteiger partial charge in [0.05, 0.1) is 4.92 Å². The van der Waals surface area contributed by atoms with Crippen LogP contribution in [0.3, 0.4) is 0 Å². The van der Waals surface area contributed by atoms with Crippen molar-refractivity contribution < 1.29 is 14.5 Å². The minimum absolute atomic E-state index is 0.639. The second-order valence-electron chi connectivity index (χ2n) is 2.15. The minimum Gasteiger partial charge on any atom is -0.258 e. The first-order valence-corrected chi connectivity index (χ1v) is 3.17. The molecule has 0 heterocycles. The first-order chi connectivity index (χ1) is 8.43. The van der Waals surface area contributed by atoms with Crippen molar-refractivity contribution in [3.05, 3.63) is 39.9 Å². The lowest BCUT2D eigenvalue weighted by molar-refractivity contribution is -0.385. The van der Waals surface area contributed by atoms with Crippen LogP contribution in [-0.2, 0) is 0 Å². The van der Waals surface area contributed by atoms with Crippen LogP contribution < -0.4 is 0 Å². The maximum absolute atomic E-state index is 10.9. The number of hydrogen-bond donors (Lipinski definition) is 0. The first-order valence-electron chi connectivity index (χ1n) is 6.67. The first kappa shape index (κ1) is 3.17. The van der Waals surface area contributed by atoms with Gasteiger partial charge in [0, 0.05) is 21.2 Å². The van der Waals surface area contributed by atoms with Crippen LogP contribution in [0.5, 0.6) is 0 Å². The summed E-state index contributed by atoms with van der Waals surface area (Å²) < 4.78 is 51.5. The van der Waals surface area contributed by atoms with E-state index in [1.165, 1.54) is 12.1 Å². The molecule has 0 unspecified atom stereocenters. The molecule has 0 saturated heterocycles. The Hall–Kier alpha value is -1.38. The van der Waals surface area contributed by atoms with Gasteiger partial charge in [0.2, 0.25) is 0 Å². The lowest BCUT2D eigenvalue weighted by atomic mass is 10.0. The van der Waals surface area contributed by atoms with E-state index < -0.39 is 35.8 Å². The van der Waals surface area contributed by atoms with Crippen LogP contribution in [0.1, 0.15) is 34.8 Å². The number of nitro groups is 1. The molecule has 0 saturated carbocycles. The summed E-state index contributed by atoms with van der Waals surface area (Å²) in [4.78, 5) is 9.98. The fraction of sp³-hybridized carbons (Fsp3) is 0.333. The summed E-state index contributed by atoms with van der Waals surface area (Å²) >= 11 is 0. The van der Waals surface area contributed by atoms with Crippen LogP contribution >= 0.6 is 0 Å². The smallest absolute Gasteiger partial charge is 0.258 e. The molecule has 0 bridgehead atoms. The van der Waals surface area contributed by atoms with Crippen LogP contribution in [0.15, 0.2) is 24.3 Å². The van der Waals surface area contributed by atoms with Crippen LogP contribution in [0, 0.1) is 10.1 Å². The van der Waals surface area contributed by atoms with E-state index in [4.69, 9.17) is 9.60 Å². The highest BCUT2D eigenvalue weighted by Gasteiger charge is 2.13. The Kier molecular flexibility index (Phi) is 0.882. The molecular formula is C9H11NO2. The number of hydrogen-bond acceptors (Lipinski definition) is 2. The molecule has 0 amide bonds. The fourth-order valence-electron chi connectivity index (χ4n) is 0.844. The number of para-hydroxylation sites is 1. The molecule has 0 atom stereocenters. The number of nitro benzene ring substituents is 1. The highest BCUT2D eigenvalue weighted by molar-refractivity contribution is 5.41. The van der Waals surface area contributed by atoms with E-state index in [0.29, 0.717) is 0 Å². The molecule has 0 spiro atoms. The maximum Gasteiger partial charge on any atom is 0.272 e. The van der Waals surface area contributed by atoms with Gasteiger partial charge in [0.25, 0.3) is 5.69 Å². The van der Waals surface area contributed by atoms with Crippen LogP contribution in [0.4, 0.5) is 5.69 Å². The Balaban J connectivity index is 3.67. The summed E-state index contributed by atoms with van der Waals surface area (Å²) in [5.41, 5.74) is -1.33. The average Bonchev–Trinajstić information content (AvgIpc) is 2.24. The average molecular weight is 172 g/mol. The van der Waals surface area contributed by atoms with Crippen molar-refractivity contribution in [2.45, 2.75) is 19.6 Å². The van der Waals surface area contributed by atoms with E-state index >= 15 is 0 Å². The van der Waals surface area contributed by atoms with Crippen molar-refractivity contribution >= 4 is 5.69 Å². The van der Waals surface area contributed by atoms with Gasteiger partial charge in [-0.05, 0) is 5.89 Å². The number of nitrogens with zero attached hydrogens (tertiary/aromatic N) is 1. The Bertz CT molecular complexity index is 480. The normalized spacial score (nSPS) is 21.8. The number of rotatable bonds is 2. The molecule has 0 radical (unpaired) electrons. The zero-order valence-corrected chi connectivity index (χ0v) is 6.07. The second kappa shape index (κ2) is 3.34. The predicted molar refractivity (Wildman–Crippen MR) is 47.2 cm³/mol. The predicted octanol–water partition coefficient (Wildman–Crippen LogP) is 2.72. The van der Waals surface area contributed by atoms with Crippen LogP contribution in [0.2, 0.25) is 0 Å². The van der Waals surface area contributed by atoms with Gasteiger partial charge in [0.15, 0.2) is 0 Å². The molecular weight excluding hydrogens is 154 g/mol. The van der Waals surface area contributed by atoms with Gasteiger partial charge >= 0.3 is 0 Å². The highest BCUT2D eigenvalue weighted by Crippen LogP contribution is 2.24. The van der Waals surface area contributed by atoms with Crippen LogP contribution in [-0.4, -0.2) is 4.92 Å². The molecule has 1 rings (SSSR count). The summed E-state index contributed by atoms with van der Waals surface area (Å²) in [7, 11) is 0. The molecule has 64 valence electrons. The molecule has 0 aliphatic heterocycles. The molecule has 12 heavy (non-hydrogen) atoms. The van der Waals surface area contributed by atoms with Crippen molar-refractivity contribution in [1.82, 2.24) is 0 Å². The van der Waals surface area contributed by atoms with Crippen LogP contribution in [0.25, 0.3) is 0 Å². The van der Waals surface area contributed by atoms with Crippen molar-refractivity contribution in [3.8, 4) is 0 Å². The Morgan fingerprint density at radius 3 is 2.83 bits per heavy atom. The van der Waals surface area contributed by atoms with Gasteiger partial charge in [-0.15, -0.1) is 0 Å². The number of benzene rings is 1. The Morgan fingerprint density at radius 1 is 1.58 bits per heavy atom. The summed E-state index contributed by atoms with van der Waals surface area (Å²) in [6, 6.07) is 4.52. The standard InChI is InChI=1S/C9H11NO2/c1-7(2)8-5-3-4-6-9(8)10(11)12/h3-7H,1-2H3/i1D3,2D3,7D. The third-order valence-electron chi connectivity index (χ3n) is 1.37. The van der Waals surface area contributed by atoms with Gasteiger partial charge in [-0.2, -0.15) is 0 Å². The molecule has 0 aliphatic carbocycles. The van der Waals surface area contributed by atoms with Crippen molar-refractivity contribution in [3.63, 3.8) is 0 Å². The van der Waals surface area contributed by atoms with Gasteiger partial charge in [-0.1, -0.05) is 31.9 Å².